The predicted octanol–water partition coefficient (Wildman–Crippen LogP) is 4.57. The van der Waals surface area contributed by atoms with E-state index in [1.807, 2.05) is 36.4 Å². The van der Waals surface area contributed by atoms with Crippen LogP contribution in [0, 0.1) is 0 Å². The molecule has 0 bridgehead atoms. The summed E-state index contributed by atoms with van der Waals surface area (Å²) in [5.41, 5.74) is 2.18. The van der Waals surface area contributed by atoms with E-state index < -0.39 is 15.9 Å². The Bertz CT molecular complexity index is 1200. The van der Waals surface area contributed by atoms with E-state index in [9.17, 15) is 13.2 Å². The van der Waals surface area contributed by atoms with Crippen LogP contribution >= 0.6 is 0 Å². The van der Waals surface area contributed by atoms with Crippen molar-refractivity contribution in [1.82, 2.24) is 9.29 Å². The molecule has 1 saturated heterocycles. The Morgan fingerprint density at radius 2 is 1.67 bits per heavy atom. The zero-order valence-corrected chi connectivity index (χ0v) is 19.3. The normalized spacial score (nSPS) is 14.9. The zero-order valence-electron chi connectivity index (χ0n) is 18.5. The molecule has 2 aromatic carbocycles. The number of amides is 1. The topological polar surface area (TPSA) is 88.6 Å². The van der Waals surface area contributed by atoms with Gasteiger partial charge in [0.15, 0.2) is 0 Å². The molecule has 3 aromatic rings. The molecule has 1 aromatic heterocycles. The van der Waals surface area contributed by atoms with Crippen LogP contribution in [-0.2, 0) is 10.0 Å². The molecule has 2 heterocycles. The summed E-state index contributed by atoms with van der Waals surface area (Å²) >= 11 is 0. The Morgan fingerprint density at radius 1 is 0.939 bits per heavy atom. The van der Waals surface area contributed by atoms with Crippen molar-refractivity contribution in [2.75, 3.05) is 25.5 Å². The van der Waals surface area contributed by atoms with Crippen molar-refractivity contribution in [3.63, 3.8) is 0 Å². The van der Waals surface area contributed by atoms with Gasteiger partial charge in [0.1, 0.15) is 16.5 Å². The first-order valence-corrected chi connectivity index (χ1v) is 12.4. The number of anilines is 1. The highest BCUT2D eigenvalue weighted by Crippen LogP contribution is 2.30. The van der Waals surface area contributed by atoms with Gasteiger partial charge in [0, 0.05) is 30.4 Å². The van der Waals surface area contributed by atoms with E-state index in [0.29, 0.717) is 18.9 Å². The lowest BCUT2D eigenvalue weighted by Gasteiger charge is -2.21. The van der Waals surface area contributed by atoms with E-state index in [1.165, 1.54) is 23.5 Å². The van der Waals surface area contributed by atoms with Crippen LogP contribution in [0.3, 0.4) is 0 Å². The fourth-order valence-electron chi connectivity index (χ4n) is 3.90. The first-order chi connectivity index (χ1) is 16.0. The molecule has 0 unspecified atom stereocenters. The second kappa shape index (κ2) is 10.1. The van der Waals surface area contributed by atoms with Gasteiger partial charge < -0.3 is 10.1 Å². The minimum atomic E-state index is -3.78. The third kappa shape index (κ3) is 5.23. The number of pyridine rings is 1. The van der Waals surface area contributed by atoms with Crippen LogP contribution in [0.5, 0.6) is 5.75 Å². The first kappa shape index (κ1) is 22.9. The maximum absolute atomic E-state index is 13.3. The Morgan fingerprint density at radius 3 is 2.30 bits per heavy atom. The highest BCUT2D eigenvalue weighted by atomic mass is 32.2. The number of nitrogens with one attached hydrogen (secondary N) is 1. The molecule has 8 heteroatoms. The lowest BCUT2D eigenvalue weighted by atomic mass is 10.1. The van der Waals surface area contributed by atoms with Crippen molar-refractivity contribution in [3.05, 3.63) is 72.4 Å². The fraction of sp³-hybridized carbons (Fsp3) is 0.280. The van der Waals surface area contributed by atoms with Gasteiger partial charge >= 0.3 is 0 Å². The lowest BCUT2D eigenvalue weighted by molar-refractivity contribution is 0.102. The van der Waals surface area contributed by atoms with Gasteiger partial charge in [-0.25, -0.2) is 13.4 Å². The number of carbonyl (C=O) groups excluding carboxylic acids is 1. The summed E-state index contributed by atoms with van der Waals surface area (Å²) in [6, 6.07) is 17.9. The number of sulfonamides is 1. The monoisotopic (exact) mass is 465 g/mol. The highest BCUT2D eigenvalue weighted by Gasteiger charge is 2.29. The summed E-state index contributed by atoms with van der Waals surface area (Å²) in [6.45, 7) is 0.944. The van der Waals surface area contributed by atoms with Gasteiger partial charge in [-0.05, 0) is 48.7 Å². The maximum Gasteiger partial charge on any atom is 0.256 e. The van der Waals surface area contributed by atoms with E-state index in [1.54, 1.807) is 18.3 Å². The van der Waals surface area contributed by atoms with Crippen molar-refractivity contribution < 1.29 is 17.9 Å². The van der Waals surface area contributed by atoms with Crippen LogP contribution in [0.25, 0.3) is 11.1 Å². The number of rotatable bonds is 6. The molecule has 7 nitrogen and oxygen atoms in total. The molecular formula is C25H27N3O4S. The first-order valence-electron chi connectivity index (χ1n) is 11.0. The van der Waals surface area contributed by atoms with Crippen LogP contribution < -0.4 is 10.1 Å². The van der Waals surface area contributed by atoms with E-state index >= 15 is 0 Å². The zero-order chi connectivity index (χ0) is 23.3. The second-order valence-corrected chi connectivity index (χ2v) is 9.84. The summed E-state index contributed by atoms with van der Waals surface area (Å²) in [7, 11) is -2.36. The minimum Gasteiger partial charge on any atom is -0.495 e. The van der Waals surface area contributed by atoms with Crippen LogP contribution in [0.4, 0.5) is 5.82 Å². The standard InChI is InChI=1S/C25H27N3O4S/c1-32-22-13-11-20(17-23(22)33(30,31)28-15-7-2-3-8-16-28)25(29)27-24-14-12-21(18-26-24)19-9-5-4-6-10-19/h4-6,9-14,17-18H,2-3,7-8,15-16H2,1H3,(H,26,27,29). The number of ether oxygens (including phenoxy) is 1. The number of nitrogens with zero attached hydrogens (tertiary/aromatic N) is 2. The number of benzene rings is 2. The van der Waals surface area contributed by atoms with Gasteiger partial charge in [-0.1, -0.05) is 43.2 Å². The van der Waals surface area contributed by atoms with Crippen molar-refractivity contribution in [2.45, 2.75) is 30.6 Å². The molecule has 0 radical (unpaired) electrons. The SMILES string of the molecule is COc1ccc(C(=O)Nc2ccc(-c3ccccc3)cn2)cc1S(=O)(=O)N1CCCCCC1. The summed E-state index contributed by atoms with van der Waals surface area (Å²) in [5, 5.41) is 2.74. The molecule has 0 spiro atoms. The molecule has 1 N–H and O–H groups in total. The van der Waals surface area contributed by atoms with Crippen LogP contribution in [0.2, 0.25) is 0 Å². The Labute approximate surface area is 194 Å². The average Bonchev–Trinajstić information content (AvgIpc) is 3.15. The lowest BCUT2D eigenvalue weighted by Crippen LogP contribution is -2.32. The van der Waals surface area contributed by atoms with Gasteiger partial charge in [-0.3, -0.25) is 4.79 Å². The van der Waals surface area contributed by atoms with Crippen molar-refractivity contribution >= 4 is 21.7 Å². The Kier molecular flexibility index (Phi) is 7.05. The molecule has 0 aliphatic carbocycles. The number of hydrogen-bond acceptors (Lipinski definition) is 5. The van der Waals surface area contributed by atoms with Crippen molar-refractivity contribution in [1.29, 1.82) is 0 Å². The minimum absolute atomic E-state index is 0.00642. The van der Waals surface area contributed by atoms with Gasteiger partial charge in [-0.15, -0.1) is 0 Å². The number of hydrogen-bond donors (Lipinski definition) is 1. The van der Waals surface area contributed by atoms with Crippen molar-refractivity contribution in [3.8, 4) is 16.9 Å². The smallest absolute Gasteiger partial charge is 0.256 e. The van der Waals surface area contributed by atoms with E-state index in [2.05, 4.69) is 10.3 Å². The fourth-order valence-corrected chi connectivity index (χ4v) is 5.60. The van der Waals surface area contributed by atoms with Crippen LogP contribution in [-0.4, -0.2) is 43.8 Å². The van der Waals surface area contributed by atoms with E-state index in [0.717, 1.165) is 36.8 Å². The van der Waals surface area contributed by atoms with Crippen LogP contribution in [0.15, 0.2) is 71.8 Å². The third-order valence-corrected chi connectivity index (χ3v) is 7.64. The number of carbonyl (C=O) groups is 1. The molecule has 1 aliphatic rings. The summed E-state index contributed by atoms with van der Waals surface area (Å²) < 4.78 is 33.5. The number of aromatic nitrogens is 1. The molecule has 33 heavy (non-hydrogen) atoms. The molecule has 0 saturated carbocycles. The molecule has 1 fully saturated rings. The molecule has 0 atom stereocenters. The quantitative estimate of drug-likeness (QED) is 0.576. The highest BCUT2D eigenvalue weighted by molar-refractivity contribution is 7.89. The van der Waals surface area contributed by atoms with E-state index in [-0.39, 0.29) is 16.2 Å². The molecular weight excluding hydrogens is 438 g/mol. The summed E-state index contributed by atoms with van der Waals surface area (Å²) in [5.74, 6) is 0.165. The Hall–Kier alpha value is -3.23. The third-order valence-electron chi connectivity index (χ3n) is 5.72. The van der Waals surface area contributed by atoms with Gasteiger partial charge in [0.05, 0.1) is 7.11 Å². The molecule has 4 rings (SSSR count). The van der Waals surface area contributed by atoms with Gasteiger partial charge in [0.2, 0.25) is 10.0 Å². The van der Waals surface area contributed by atoms with Crippen LogP contribution in [0.1, 0.15) is 36.0 Å². The molecule has 172 valence electrons. The molecule has 1 amide bonds. The summed E-state index contributed by atoms with van der Waals surface area (Å²) in [6.07, 6.45) is 5.37. The molecule has 1 aliphatic heterocycles. The van der Waals surface area contributed by atoms with E-state index in [4.69, 9.17) is 4.74 Å². The average molecular weight is 466 g/mol. The van der Waals surface area contributed by atoms with Crippen molar-refractivity contribution in [2.24, 2.45) is 0 Å². The number of methoxy groups -OCH3 is 1. The Balaban J connectivity index is 1.56. The van der Waals surface area contributed by atoms with Gasteiger partial charge in [-0.2, -0.15) is 4.31 Å². The maximum atomic E-state index is 13.3. The largest absolute Gasteiger partial charge is 0.495 e. The predicted molar refractivity (Wildman–Crippen MR) is 128 cm³/mol. The van der Waals surface area contributed by atoms with Gasteiger partial charge in [0.25, 0.3) is 5.91 Å². The second-order valence-electron chi connectivity index (χ2n) is 7.94. The summed E-state index contributed by atoms with van der Waals surface area (Å²) in [4.78, 5) is 17.2.